The fourth-order valence-electron chi connectivity index (χ4n) is 4.39. The second kappa shape index (κ2) is 11.3. The molecule has 0 saturated carbocycles. The SMILES string of the molecule is CCOC(=O)CCNC(=O)[C@@H]1O[P+](O)(OC[C@H]2O[C@@H](n3cnc4c(N)nc(N)nc43)[C@](C)(O)[C@@H]2O)OCC1(C)C. The molecule has 222 valence electrons. The average molecular weight is 589 g/mol. The molecule has 4 heterocycles. The second-order valence-corrected chi connectivity index (χ2v) is 12.0. The number of carbonyl (C=O) groups is 2. The summed E-state index contributed by atoms with van der Waals surface area (Å²) in [4.78, 5) is 47.5. The number of nitrogens with one attached hydrogen (secondary N) is 1. The Hall–Kier alpha value is -2.76. The molecule has 2 saturated heterocycles. The Balaban J connectivity index is 1.43. The molecule has 8 N–H and O–H groups in total. The zero-order chi connectivity index (χ0) is 29.5. The number of aliphatic hydroxyl groups excluding tert-OH is 1. The van der Waals surface area contributed by atoms with Gasteiger partial charge in [-0.25, -0.2) is 4.98 Å². The minimum Gasteiger partial charge on any atom is -0.466 e. The van der Waals surface area contributed by atoms with Crippen LogP contribution in [0, 0.1) is 5.41 Å². The highest BCUT2D eigenvalue weighted by Crippen LogP contribution is 2.64. The molecule has 1 unspecified atom stereocenters. The molecule has 0 radical (unpaired) electrons. The highest BCUT2D eigenvalue weighted by molar-refractivity contribution is 7.55. The van der Waals surface area contributed by atoms with Gasteiger partial charge in [0.2, 0.25) is 5.95 Å². The number of ether oxygens (including phenoxy) is 2. The quantitative estimate of drug-likeness (QED) is 0.155. The largest absolute Gasteiger partial charge is 0.573 e. The predicted molar refractivity (Wildman–Crippen MR) is 139 cm³/mol. The smallest absolute Gasteiger partial charge is 0.466 e. The van der Waals surface area contributed by atoms with Gasteiger partial charge in [0, 0.05) is 12.0 Å². The molecule has 1 amide bonds. The number of rotatable bonds is 9. The lowest BCUT2D eigenvalue weighted by Gasteiger charge is -2.36. The van der Waals surface area contributed by atoms with E-state index in [9.17, 15) is 24.7 Å². The third-order valence-electron chi connectivity index (χ3n) is 6.59. The maximum absolute atomic E-state index is 12.8. The number of fused-ring (bicyclic) bond motifs is 1. The van der Waals surface area contributed by atoms with Crippen molar-refractivity contribution in [2.45, 2.75) is 64.3 Å². The van der Waals surface area contributed by atoms with Gasteiger partial charge < -0.3 is 36.5 Å². The summed E-state index contributed by atoms with van der Waals surface area (Å²) in [7, 11) is -4.07. The minimum absolute atomic E-state index is 0.00984. The third kappa shape index (κ3) is 5.96. The maximum Gasteiger partial charge on any atom is 0.573 e. The molecule has 18 heteroatoms. The van der Waals surface area contributed by atoms with Crippen LogP contribution < -0.4 is 16.8 Å². The zero-order valence-corrected chi connectivity index (χ0v) is 23.4. The molecule has 0 bridgehead atoms. The van der Waals surface area contributed by atoms with E-state index in [4.69, 9.17) is 34.5 Å². The fraction of sp³-hybridized carbons (Fsp3) is 0.682. The lowest BCUT2D eigenvalue weighted by Crippen LogP contribution is -2.51. The third-order valence-corrected chi connectivity index (χ3v) is 8.00. The Morgan fingerprint density at radius 1 is 1.30 bits per heavy atom. The van der Waals surface area contributed by atoms with Crippen LogP contribution in [0.15, 0.2) is 6.33 Å². The zero-order valence-electron chi connectivity index (χ0n) is 22.5. The Kier molecular flexibility index (Phi) is 8.50. The molecule has 2 aromatic heterocycles. The van der Waals surface area contributed by atoms with Gasteiger partial charge >= 0.3 is 14.1 Å². The summed E-state index contributed by atoms with van der Waals surface area (Å²) in [6.45, 7) is 6.11. The number of carbonyl (C=O) groups excluding carboxylic acids is 2. The van der Waals surface area contributed by atoms with Gasteiger partial charge in [0.15, 0.2) is 23.8 Å². The summed E-state index contributed by atoms with van der Waals surface area (Å²) in [6.07, 6.45) is -3.77. The van der Waals surface area contributed by atoms with Crippen molar-refractivity contribution in [2.24, 2.45) is 5.41 Å². The van der Waals surface area contributed by atoms with E-state index in [0.717, 1.165) is 0 Å². The molecule has 0 spiro atoms. The number of aliphatic hydroxyl groups is 2. The van der Waals surface area contributed by atoms with Crippen molar-refractivity contribution in [3.8, 4) is 0 Å². The van der Waals surface area contributed by atoms with Crippen molar-refractivity contribution in [3.05, 3.63) is 6.33 Å². The molecule has 2 aliphatic heterocycles. The van der Waals surface area contributed by atoms with E-state index in [1.54, 1.807) is 20.8 Å². The van der Waals surface area contributed by atoms with E-state index in [0.29, 0.717) is 0 Å². The molecule has 4 rings (SSSR count). The molecular weight excluding hydrogens is 553 g/mol. The van der Waals surface area contributed by atoms with Gasteiger partial charge in [0.05, 0.1) is 19.4 Å². The Morgan fingerprint density at radius 2 is 2.02 bits per heavy atom. The summed E-state index contributed by atoms with van der Waals surface area (Å²) in [5, 5.41) is 24.6. The lowest BCUT2D eigenvalue weighted by atomic mass is 9.87. The Bertz CT molecular complexity index is 1260. The summed E-state index contributed by atoms with van der Waals surface area (Å²) in [5.74, 6) is -1.13. The number of hydrogen-bond acceptors (Lipinski definition) is 15. The van der Waals surface area contributed by atoms with Gasteiger partial charge in [-0.15, -0.1) is 4.52 Å². The van der Waals surface area contributed by atoms with Crippen LogP contribution in [-0.2, 0) is 32.6 Å². The number of esters is 1. The molecular formula is C22H35N7O10P+. The van der Waals surface area contributed by atoms with Gasteiger partial charge in [0.1, 0.15) is 36.5 Å². The Labute approximate surface area is 229 Å². The summed E-state index contributed by atoms with van der Waals surface area (Å²) >= 11 is 0. The van der Waals surface area contributed by atoms with E-state index in [-0.39, 0.29) is 49.1 Å². The molecule has 2 aromatic rings. The normalized spacial score (nSPS) is 31.8. The Morgan fingerprint density at radius 3 is 2.73 bits per heavy atom. The summed E-state index contributed by atoms with van der Waals surface area (Å²) < 4.78 is 28.7. The number of amides is 1. The van der Waals surface area contributed by atoms with Gasteiger partial charge in [-0.3, -0.25) is 14.2 Å². The molecule has 6 atom stereocenters. The topological polar surface area (TPSA) is 249 Å². The van der Waals surface area contributed by atoms with Crippen molar-refractivity contribution in [3.63, 3.8) is 0 Å². The van der Waals surface area contributed by atoms with Crippen LogP contribution in [-0.4, -0.2) is 96.8 Å². The molecule has 0 aromatic carbocycles. The minimum atomic E-state index is -4.07. The molecule has 17 nitrogen and oxygen atoms in total. The first-order chi connectivity index (χ1) is 18.7. The van der Waals surface area contributed by atoms with Crippen LogP contribution in [0.4, 0.5) is 11.8 Å². The van der Waals surface area contributed by atoms with Gasteiger partial charge in [0.25, 0.3) is 5.91 Å². The van der Waals surface area contributed by atoms with Gasteiger partial charge in [-0.2, -0.15) is 23.9 Å². The highest BCUT2D eigenvalue weighted by Gasteiger charge is 2.61. The lowest BCUT2D eigenvalue weighted by molar-refractivity contribution is -0.146. The molecule has 2 fully saturated rings. The van der Waals surface area contributed by atoms with Gasteiger partial charge in [-0.05, 0) is 13.8 Å². The van der Waals surface area contributed by atoms with E-state index in [1.807, 2.05) is 0 Å². The van der Waals surface area contributed by atoms with Crippen LogP contribution in [0.25, 0.3) is 11.2 Å². The van der Waals surface area contributed by atoms with E-state index >= 15 is 0 Å². The number of aromatic nitrogens is 4. The van der Waals surface area contributed by atoms with Crippen LogP contribution in [0.1, 0.15) is 40.3 Å². The van der Waals surface area contributed by atoms with Crippen molar-refractivity contribution in [1.82, 2.24) is 24.8 Å². The van der Waals surface area contributed by atoms with E-state index < -0.39 is 62.2 Å². The van der Waals surface area contributed by atoms with E-state index in [1.165, 1.54) is 17.8 Å². The van der Waals surface area contributed by atoms with Gasteiger partial charge in [-0.1, -0.05) is 13.8 Å². The number of anilines is 2. The van der Waals surface area contributed by atoms with Crippen molar-refractivity contribution in [1.29, 1.82) is 0 Å². The van der Waals surface area contributed by atoms with Crippen LogP contribution in [0.3, 0.4) is 0 Å². The first-order valence-corrected chi connectivity index (χ1v) is 14.0. The maximum atomic E-state index is 12.8. The molecule has 0 aliphatic carbocycles. The van der Waals surface area contributed by atoms with Crippen molar-refractivity contribution in [2.75, 3.05) is 37.8 Å². The van der Waals surface area contributed by atoms with E-state index in [2.05, 4.69) is 20.3 Å². The van der Waals surface area contributed by atoms with Crippen LogP contribution in [0.5, 0.6) is 0 Å². The number of imidazole rings is 1. The molecule has 40 heavy (non-hydrogen) atoms. The average Bonchev–Trinajstić information content (AvgIpc) is 3.38. The number of nitrogens with zero attached hydrogens (tertiary/aromatic N) is 4. The first-order valence-electron chi connectivity index (χ1n) is 12.5. The summed E-state index contributed by atoms with van der Waals surface area (Å²) in [5.41, 5.74) is 9.24. The second-order valence-electron chi connectivity index (χ2n) is 10.3. The van der Waals surface area contributed by atoms with Crippen LogP contribution >= 0.6 is 8.17 Å². The van der Waals surface area contributed by atoms with Crippen molar-refractivity contribution < 1.29 is 47.7 Å². The first kappa shape index (κ1) is 30.2. The van der Waals surface area contributed by atoms with Crippen LogP contribution in [0.2, 0.25) is 0 Å². The summed E-state index contributed by atoms with van der Waals surface area (Å²) in [6, 6.07) is 0. The predicted octanol–water partition coefficient (Wildman–Crippen LogP) is -0.802. The highest BCUT2D eigenvalue weighted by atomic mass is 31.2. The number of hydrogen-bond donors (Lipinski definition) is 6. The standard InChI is InChI=1S/C22H34N7O10P/c1-5-35-12(30)6-7-25-18(32)15-21(2,3)9-37-40(34,39-15)36-8-11-14(31)22(4,33)19(38-11)29-10-26-13-16(23)27-20(24)28-17(13)29/h10-11,14-15,19,31,33-34H,5-9H2,1-4H3,(H4-,23,24,25,27,28,32)/p+1/t11-,14-,15+,19-,22-,40?/m1/s1. The number of nitrogens with two attached hydrogens (primary N) is 2. The fourth-order valence-corrected chi connectivity index (χ4v) is 6.06. The molecule has 2 aliphatic rings. The monoisotopic (exact) mass is 588 g/mol. The van der Waals surface area contributed by atoms with Crippen molar-refractivity contribution >= 4 is 43.0 Å². The number of nitrogen functional groups attached to an aromatic ring is 2.